The number of piperazine rings is 1. The molecule has 2 aromatic rings. The van der Waals surface area contributed by atoms with Crippen LogP contribution in [0.4, 0.5) is 14.5 Å². The summed E-state index contributed by atoms with van der Waals surface area (Å²) in [7, 11) is -3.54. The number of sulfonamides is 1. The van der Waals surface area contributed by atoms with Gasteiger partial charge in [0.1, 0.15) is 0 Å². The second-order valence-corrected chi connectivity index (χ2v) is 9.48. The fraction of sp³-hybridized carbons (Fsp3) is 0.316. The molecule has 10 heteroatoms. The Morgan fingerprint density at radius 1 is 1.00 bits per heavy atom. The summed E-state index contributed by atoms with van der Waals surface area (Å²) in [5, 5.41) is 2.53. The van der Waals surface area contributed by atoms with Gasteiger partial charge in [-0.15, -0.1) is 0 Å². The number of halogens is 3. The smallest absolute Gasteiger partial charge is 0.243 e. The largest absolute Gasteiger partial charge is 0.326 e. The summed E-state index contributed by atoms with van der Waals surface area (Å²) in [6.07, 6.45) is 0.165. The summed E-state index contributed by atoms with van der Waals surface area (Å²) in [4.78, 5) is 14.3. The minimum Gasteiger partial charge on any atom is -0.326 e. The average molecular weight is 488 g/mol. The molecule has 1 aliphatic rings. The Labute approximate surface area is 176 Å². The average Bonchev–Trinajstić information content (AvgIpc) is 2.70. The van der Waals surface area contributed by atoms with Crippen LogP contribution in [-0.4, -0.2) is 56.3 Å². The Hall–Kier alpha value is -1.88. The number of hydrogen-bond donors (Lipinski definition) is 1. The highest BCUT2D eigenvalue weighted by atomic mass is 79.9. The summed E-state index contributed by atoms with van der Waals surface area (Å²) >= 11 is 3.29. The minimum atomic E-state index is -3.54. The van der Waals surface area contributed by atoms with E-state index in [0.29, 0.717) is 32.7 Å². The Bertz CT molecular complexity index is 979. The van der Waals surface area contributed by atoms with Gasteiger partial charge in [-0.25, -0.2) is 17.2 Å². The zero-order valence-electron chi connectivity index (χ0n) is 15.4. The summed E-state index contributed by atoms with van der Waals surface area (Å²) in [6, 6.07) is 9.68. The van der Waals surface area contributed by atoms with Gasteiger partial charge in [-0.2, -0.15) is 4.31 Å². The van der Waals surface area contributed by atoms with Gasteiger partial charge in [0.15, 0.2) is 11.6 Å². The lowest BCUT2D eigenvalue weighted by molar-refractivity contribution is -0.116. The fourth-order valence-corrected chi connectivity index (χ4v) is 4.69. The number of anilines is 1. The van der Waals surface area contributed by atoms with Gasteiger partial charge in [-0.3, -0.25) is 4.79 Å². The van der Waals surface area contributed by atoms with E-state index in [1.807, 2.05) is 4.90 Å². The van der Waals surface area contributed by atoms with E-state index in [2.05, 4.69) is 21.2 Å². The first kappa shape index (κ1) is 21.8. The molecule has 1 saturated heterocycles. The van der Waals surface area contributed by atoms with Gasteiger partial charge < -0.3 is 10.2 Å². The van der Waals surface area contributed by atoms with Gasteiger partial charge in [0.2, 0.25) is 15.9 Å². The van der Waals surface area contributed by atoms with Crippen molar-refractivity contribution in [1.29, 1.82) is 0 Å². The molecule has 156 valence electrons. The molecule has 3 rings (SSSR count). The molecule has 0 bridgehead atoms. The standard InChI is InChI=1S/C19H20BrF2N3O3S/c20-14-1-4-16(5-2-14)29(27,28)25-11-9-24(10-12-25)8-7-19(26)23-15-3-6-17(21)18(22)13-15/h1-6,13H,7-12H2,(H,23,26). The molecule has 0 atom stereocenters. The quantitative estimate of drug-likeness (QED) is 0.679. The highest BCUT2D eigenvalue weighted by Gasteiger charge is 2.28. The van der Waals surface area contributed by atoms with Crippen LogP contribution in [0.1, 0.15) is 6.42 Å². The third-order valence-corrected chi connectivity index (χ3v) is 7.08. The molecule has 2 aromatic carbocycles. The van der Waals surface area contributed by atoms with Crippen molar-refractivity contribution in [3.8, 4) is 0 Å². The second-order valence-electron chi connectivity index (χ2n) is 6.63. The summed E-state index contributed by atoms with van der Waals surface area (Å²) in [6.45, 7) is 2.14. The molecule has 1 heterocycles. The molecule has 0 radical (unpaired) electrons. The Balaban J connectivity index is 1.47. The predicted octanol–water partition coefficient (Wildman–Crippen LogP) is 3.06. The number of carbonyl (C=O) groups is 1. The minimum absolute atomic E-state index is 0.165. The third kappa shape index (κ3) is 5.59. The zero-order chi connectivity index (χ0) is 21.0. The lowest BCUT2D eigenvalue weighted by Crippen LogP contribution is -2.49. The lowest BCUT2D eigenvalue weighted by atomic mass is 10.2. The Morgan fingerprint density at radius 3 is 2.28 bits per heavy atom. The summed E-state index contributed by atoms with van der Waals surface area (Å²) in [5.74, 6) is -2.31. The van der Waals surface area contributed by atoms with Gasteiger partial charge in [0.25, 0.3) is 0 Å². The summed E-state index contributed by atoms with van der Waals surface area (Å²) in [5.41, 5.74) is 0.194. The maximum absolute atomic E-state index is 13.2. The molecule has 1 aliphatic heterocycles. The fourth-order valence-electron chi connectivity index (χ4n) is 3.01. The van der Waals surface area contributed by atoms with E-state index >= 15 is 0 Å². The molecule has 0 aliphatic carbocycles. The number of amides is 1. The van der Waals surface area contributed by atoms with E-state index in [4.69, 9.17) is 0 Å². The number of nitrogens with zero attached hydrogens (tertiary/aromatic N) is 2. The molecule has 0 aromatic heterocycles. The van der Waals surface area contributed by atoms with Gasteiger partial charge in [-0.05, 0) is 36.4 Å². The molecular formula is C19H20BrF2N3O3S. The molecule has 0 saturated carbocycles. The van der Waals surface area contributed by atoms with Crippen LogP contribution < -0.4 is 5.32 Å². The second kappa shape index (κ2) is 9.29. The number of nitrogens with one attached hydrogen (secondary N) is 1. The predicted molar refractivity (Wildman–Crippen MR) is 109 cm³/mol. The van der Waals surface area contributed by atoms with Crippen molar-refractivity contribution in [3.05, 3.63) is 58.6 Å². The van der Waals surface area contributed by atoms with Crippen molar-refractivity contribution < 1.29 is 22.0 Å². The topological polar surface area (TPSA) is 69.7 Å². The van der Waals surface area contributed by atoms with Crippen LogP contribution in [0.2, 0.25) is 0 Å². The maximum atomic E-state index is 13.2. The Kier molecular flexibility index (Phi) is 6.99. The van der Waals surface area contributed by atoms with E-state index in [1.54, 1.807) is 24.3 Å². The molecule has 6 nitrogen and oxygen atoms in total. The van der Waals surface area contributed by atoms with Crippen LogP contribution in [0.25, 0.3) is 0 Å². The molecule has 29 heavy (non-hydrogen) atoms. The van der Waals surface area contributed by atoms with Crippen molar-refractivity contribution in [1.82, 2.24) is 9.21 Å². The molecule has 1 fully saturated rings. The highest BCUT2D eigenvalue weighted by molar-refractivity contribution is 9.10. The number of benzene rings is 2. The summed E-state index contributed by atoms with van der Waals surface area (Å²) < 4.78 is 53.8. The van der Waals surface area contributed by atoms with E-state index in [1.165, 1.54) is 10.4 Å². The van der Waals surface area contributed by atoms with E-state index in [-0.39, 0.29) is 22.9 Å². The van der Waals surface area contributed by atoms with Crippen molar-refractivity contribution in [3.63, 3.8) is 0 Å². The number of hydrogen-bond acceptors (Lipinski definition) is 4. The first-order valence-corrected chi connectivity index (χ1v) is 11.2. The van der Waals surface area contributed by atoms with Crippen molar-refractivity contribution >= 4 is 37.5 Å². The third-order valence-electron chi connectivity index (χ3n) is 4.64. The lowest BCUT2D eigenvalue weighted by Gasteiger charge is -2.33. The van der Waals surface area contributed by atoms with Crippen LogP contribution in [-0.2, 0) is 14.8 Å². The first-order valence-electron chi connectivity index (χ1n) is 8.99. The van der Waals surface area contributed by atoms with Crippen LogP contribution in [0, 0.1) is 11.6 Å². The normalized spacial score (nSPS) is 16.0. The number of rotatable bonds is 6. The number of carbonyl (C=O) groups excluding carboxylic acids is 1. The zero-order valence-corrected chi connectivity index (χ0v) is 17.8. The van der Waals surface area contributed by atoms with Crippen LogP contribution >= 0.6 is 15.9 Å². The first-order chi connectivity index (χ1) is 13.8. The van der Waals surface area contributed by atoms with Gasteiger partial charge >= 0.3 is 0 Å². The molecular weight excluding hydrogens is 468 g/mol. The van der Waals surface area contributed by atoms with E-state index in [9.17, 15) is 22.0 Å². The molecule has 0 unspecified atom stereocenters. The molecule has 0 spiro atoms. The SMILES string of the molecule is O=C(CCN1CCN(S(=O)(=O)c2ccc(Br)cc2)CC1)Nc1ccc(F)c(F)c1. The highest BCUT2D eigenvalue weighted by Crippen LogP contribution is 2.20. The van der Waals surface area contributed by atoms with E-state index < -0.39 is 21.7 Å². The van der Waals surface area contributed by atoms with Gasteiger partial charge in [-0.1, -0.05) is 15.9 Å². The molecule has 1 N–H and O–H groups in total. The van der Waals surface area contributed by atoms with Gasteiger partial charge in [0.05, 0.1) is 4.90 Å². The van der Waals surface area contributed by atoms with Crippen LogP contribution in [0.5, 0.6) is 0 Å². The van der Waals surface area contributed by atoms with Crippen molar-refractivity contribution in [2.45, 2.75) is 11.3 Å². The van der Waals surface area contributed by atoms with E-state index in [0.717, 1.165) is 16.6 Å². The van der Waals surface area contributed by atoms with Crippen molar-refractivity contribution in [2.24, 2.45) is 0 Å². The van der Waals surface area contributed by atoms with Gasteiger partial charge in [0, 0.05) is 55.4 Å². The monoisotopic (exact) mass is 487 g/mol. The Morgan fingerprint density at radius 2 is 1.66 bits per heavy atom. The maximum Gasteiger partial charge on any atom is 0.243 e. The van der Waals surface area contributed by atoms with Crippen LogP contribution in [0.15, 0.2) is 51.8 Å². The van der Waals surface area contributed by atoms with Crippen molar-refractivity contribution in [2.75, 3.05) is 38.0 Å². The molecule has 1 amide bonds. The van der Waals surface area contributed by atoms with Crippen LogP contribution in [0.3, 0.4) is 0 Å².